The molecule has 3 aliphatic rings. The summed E-state index contributed by atoms with van der Waals surface area (Å²) in [4.78, 5) is 22.9. The van der Waals surface area contributed by atoms with E-state index >= 15 is 0 Å². The molecule has 2 bridgehead atoms. The van der Waals surface area contributed by atoms with Gasteiger partial charge < -0.3 is 5.32 Å². The highest BCUT2D eigenvalue weighted by molar-refractivity contribution is 5.90. The molecule has 0 spiro atoms. The maximum absolute atomic E-state index is 13.0. The number of carbonyl (C=O) groups is 1. The fourth-order valence-electron chi connectivity index (χ4n) is 7.01. The smallest absolute Gasteiger partial charge is 0.225 e. The molecule has 4 nitrogen and oxygen atoms in total. The van der Waals surface area contributed by atoms with Crippen molar-refractivity contribution in [3.05, 3.63) is 42.2 Å². The fraction of sp³-hybridized carbons (Fsp3) is 0.621. The van der Waals surface area contributed by atoms with E-state index in [0.29, 0.717) is 18.2 Å². The Morgan fingerprint density at radius 3 is 2.45 bits per heavy atom. The number of nitrogens with zero attached hydrogens (tertiary/aromatic N) is 2. The van der Waals surface area contributed by atoms with Gasteiger partial charge in [-0.3, -0.25) is 4.79 Å². The predicted octanol–water partition coefficient (Wildman–Crippen LogP) is 7.20. The highest BCUT2D eigenvalue weighted by atomic mass is 16.1. The number of amides is 1. The van der Waals surface area contributed by atoms with Crippen molar-refractivity contribution in [3.63, 3.8) is 0 Å². The second-order valence-electron chi connectivity index (χ2n) is 11.2. The Hall–Kier alpha value is -2.23. The number of nitrogens with one attached hydrogen (secondary N) is 1. The molecule has 0 aliphatic heterocycles. The van der Waals surface area contributed by atoms with Gasteiger partial charge in [-0.2, -0.15) is 0 Å². The van der Waals surface area contributed by atoms with Crippen molar-refractivity contribution in [1.82, 2.24) is 9.97 Å². The number of fused-ring (bicyclic) bond motifs is 2. The van der Waals surface area contributed by atoms with E-state index in [-0.39, 0.29) is 11.3 Å². The zero-order valence-electron chi connectivity index (χ0n) is 20.2. The molecule has 3 aliphatic carbocycles. The monoisotopic (exact) mass is 445 g/mol. The molecule has 1 amide bonds. The van der Waals surface area contributed by atoms with Crippen LogP contribution in [-0.2, 0) is 11.2 Å². The minimum Gasteiger partial charge on any atom is -0.309 e. The first kappa shape index (κ1) is 22.6. The van der Waals surface area contributed by atoms with Gasteiger partial charge in [0.25, 0.3) is 0 Å². The third-order valence-electron chi connectivity index (χ3n) is 8.76. The topological polar surface area (TPSA) is 54.9 Å². The summed E-state index contributed by atoms with van der Waals surface area (Å²) >= 11 is 0. The van der Waals surface area contributed by atoms with Crippen LogP contribution in [-0.4, -0.2) is 15.9 Å². The normalized spacial score (nSPS) is 27.4. The summed E-state index contributed by atoms with van der Waals surface area (Å²) in [6.45, 7) is 2.35. The van der Waals surface area contributed by atoms with Gasteiger partial charge >= 0.3 is 0 Å². The van der Waals surface area contributed by atoms with Crippen LogP contribution in [0, 0.1) is 23.2 Å². The molecular formula is C29H39N3O. The van der Waals surface area contributed by atoms with Crippen molar-refractivity contribution in [2.75, 3.05) is 5.32 Å². The van der Waals surface area contributed by atoms with Crippen LogP contribution in [0.3, 0.4) is 0 Å². The average Bonchev–Trinajstić information content (AvgIpc) is 3.19. The molecule has 1 N–H and O–H groups in total. The summed E-state index contributed by atoms with van der Waals surface area (Å²) in [6, 6.07) is 10.3. The van der Waals surface area contributed by atoms with E-state index in [2.05, 4.69) is 24.4 Å². The summed E-state index contributed by atoms with van der Waals surface area (Å²) in [5, 5.41) is 3.19. The zero-order chi connectivity index (χ0) is 22.7. The quantitative estimate of drug-likeness (QED) is 0.490. The highest BCUT2D eigenvalue weighted by Crippen LogP contribution is 2.53. The Morgan fingerprint density at radius 1 is 1.03 bits per heavy atom. The molecule has 0 saturated heterocycles. The molecule has 3 fully saturated rings. The summed E-state index contributed by atoms with van der Waals surface area (Å²) in [5.41, 5.74) is 3.26. The Morgan fingerprint density at radius 2 is 1.76 bits per heavy atom. The maximum atomic E-state index is 13.0. The maximum Gasteiger partial charge on any atom is 0.225 e. The number of hydrogen-bond donors (Lipinski definition) is 1. The molecule has 1 heterocycles. The van der Waals surface area contributed by atoms with Crippen molar-refractivity contribution < 1.29 is 4.79 Å². The van der Waals surface area contributed by atoms with Crippen LogP contribution in [0.2, 0.25) is 0 Å². The number of carbonyl (C=O) groups excluding carboxylic acids is 1. The second-order valence-corrected chi connectivity index (χ2v) is 11.2. The van der Waals surface area contributed by atoms with Gasteiger partial charge in [-0.15, -0.1) is 0 Å². The van der Waals surface area contributed by atoms with Crippen LogP contribution < -0.4 is 5.32 Å². The van der Waals surface area contributed by atoms with Gasteiger partial charge in [0, 0.05) is 12.0 Å². The lowest BCUT2D eigenvalue weighted by atomic mass is 9.65. The van der Waals surface area contributed by atoms with E-state index in [4.69, 9.17) is 9.97 Å². The minimum absolute atomic E-state index is 0.110. The largest absolute Gasteiger partial charge is 0.309 e. The second kappa shape index (κ2) is 9.95. The van der Waals surface area contributed by atoms with Crippen LogP contribution in [0.4, 0.5) is 5.82 Å². The number of hydrogen-bond acceptors (Lipinski definition) is 3. The molecular weight excluding hydrogens is 406 g/mol. The summed E-state index contributed by atoms with van der Waals surface area (Å²) in [7, 11) is 0. The lowest BCUT2D eigenvalue weighted by Crippen LogP contribution is -2.32. The van der Waals surface area contributed by atoms with Gasteiger partial charge in [0.15, 0.2) is 5.82 Å². The van der Waals surface area contributed by atoms with Crippen molar-refractivity contribution in [1.29, 1.82) is 0 Å². The third kappa shape index (κ3) is 5.31. The van der Waals surface area contributed by atoms with Gasteiger partial charge in [-0.1, -0.05) is 75.8 Å². The van der Waals surface area contributed by atoms with Gasteiger partial charge in [0.2, 0.25) is 5.91 Å². The molecule has 2 unspecified atom stereocenters. The van der Waals surface area contributed by atoms with E-state index in [1.165, 1.54) is 70.6 Å². The molecule has 4 heteroatoms. The predicted molar refractivity (Wildman–Crippen MR) is 134 cm³/mol. The van der Waals surface area contributed by atoms with Crippen molar-refractivity contribution in [3.8, 4) is 11.3 Å². The standard InChI is InChI=1S/C29H39N3O/c1-2-29(17-22-13-14-23(15-22)18-29)19-25-28(32-27(33)16-21-9-5-3-6-10-21)30-20-26(31-25)24-11-7-4-8-12-24/h4,7-8,11-12,20-23H,2-3,5-6,9-10,13-19H2,1H3,(H,30,32,33). The average molecular weight is 446 g/mol. The van der Waals surface area contributed by atoms with Crippen molar-refractivity contribution >= 4 is 11.7 Å². The Bertz CT molecular complexity index is 939. The SMILES string of the molecule is CCC1(Cc2nc(-c3ccccc3)cnc2NC(=O)CC2CCCCC2)CC2CCC(C2)C1. The number of rotatable bonds is 7. The minimum atomic E-state index is 0.110. The van der Waals surface area contributed by atoms with Crippen LogP contribution >= 0.6 is 0 Å². The lowest BCUT2D eigenvalue weighted by Gasteiger charge is -2.40. The molecule has 3 saturated carbocycles. The number of aromatic nitrogens is 2. The summed E-state index contributed by atoms with van der Waals surface area (Å²) in [5.74, 6) is 3.08. The van der Waals surface area contributed by atoms with Crippen LogP contribution in [0.1, 0.15) is 89.7 Å². The Kier molecular flexibility index (Phi) is 6.80. The van der Waals surface area contributed by atoms with Crippen molar-refractivity contribution in [2.24, 2.45) is 23.2 Å². The molecule has 176 valence electrons. The summed E-state index contributed by atoms with van der Waals surface area (Å²) < 4.78 is 0. The third-order valence-corrected chi connectivity index (χ3v) is 8.76. The highest BCUT2D eigenvalue weighted by Gasteiger charge is 2.43. The molecule has 5 rings (SSSR count). The van der Waals surface area contributed by atoms with Gasteiger partial charge in [-0.25, -0.2) is 9.97 Å². The van der Waals surface area contributed by atoms with E-state index in [0.717, 1.165) is 35.2 Å². The lowest BCUT2D eigenvalue weighted by molar-refractivity contribution is -0.117. The number of anilines is 1. The van der Waals surface area contributed by atoms with Gasteiger partial charge in [0.05, 0.1) is 17.6 Å². The first-order chi connectivity index (χ1) is 16.1. The molecule has 2 atom stereocenters. The van der Waals surface area contributed by atoms with Crippen LogP contribution in [0.5, 0.6) is 0 Å². The van der Waals surface area contributed by atoms with Gasteiger partial charge in [0.1, 0.15) is 0 Å². The fourth-order valence-corrected chi connectivity index (χ4v) is 7.01. The van der Waals surface area contributed by atoms with Gasteiger partial charge in [-0.05, 0) is 61.7 Å². The number of benzene rings is 1. The first-order valence-electron chi connectivity index (χ1n) is 13.3. The molecule has 2 aromatic rings. The van der Waals surface area contributed by atoms with E-state index in [1.807, 2.05) is 24.4 Å². The summed E-state index contributed by atoms with van der Waals surface area (Å²) in [6.07, 6.45) is 17.5. The molecule has 33 heavy (non-hydrogen) atoms. The molecule has 1 aromatic heterocycles. The molecule has 0 radical (unpaired) electrons. The van der Waals surface area contributed by atoms with Crippen LogP contribution in [0.15, 0.2) is 36.5 Å². The van der Waals surface area contributed by atoms with E-state index in [1.54, 1.807) is 0 Å². The van der Waals surface area contributed by atoms with E-state index in [9.17, 15) is 4.79 Å². The Labute approximate surface area is 199 Å². The van der Waals surface area contributed by atoms with Crippen molar-refractivity contribution in [2.45, 2.75) is 90.4 Å². The van der Waals surface area contributed by atoms with E-state index < -0.39 is 0 Å². The first-order valence-corrected chi connectivity index (χ1v) is 13.3. The van der Waals surface area contributed by atoms with Crippen LogP contribution in [0.25, 0.3) is 11.3 Å². The molecule has 1 aromatic carbocycles. The Balaban J connectivity index is 1.40. The zero-order valence-corrected chi connectivity index (χ0v) is 20.2.